The van der Waals surface area contributed by atoms with E-state index >= 15 is 0 Å². The average molecular weight is 527 g/mol. The Morgan fingerprint density at radius 3 is 2.63 bits per heavy atom. The molecule has 5 rings (SSSR count). The molecule has 1 fully saturated rings. The lowest BCUT2D eigenvalue weighted by molar-refractivity contribution is 0.301. The first kappa shape index (κ1) is 26.8. The molecule has 3 aromatic rings. The fourth-order valence-electron chi connectivity index (χ4n) is 6.21. The van der Waals surface area contributed by atoms with Gasteiger partial charge in [-0.1, -0.05) is 49.1 Å². The molecule has 1 saturated heterocycles. The highest BCUT2D eigenvalue weighted by Crippen LogP contribution is 2.41. The molecule has 0 bridgehead atoms. The van der Waals surface area contributed by atoms with Crippen LogP contribution in [0.25, 0.3) is 17.2 Å². The second-order valence-electron chi connectivity index (χ2n) is 10.7. The fraction of sp³-hybridized carbons (Fsp3) is 0.353. The molecule has 1 heterocycles. The number of thioether (sulfide) groups is 1. The van der Waals surface area contributed by atoms with Gasteiger partial charge in [-0.05, 0) is 126 Å². The Labute approximate surface area is 231 Å². The van der Waals surface area contributed by atoms with Crippen LogP contribution in [-0.2, 0) is 12.8 Å². The van der Waals surface area contributed by atoms with Crippen LogP contribution in [0.15, 0.2) is 72.1 Å². The maximum atomic E-state index is 12.6. The molecule has 2 N–H and O–H groups in total. The summed E-state index contributed by atoms with van der Waals surface area (Å²) in [5, 5.41) is 0. The first-order chi connectivity index (χ1) is 18.6. The van der Waals surface area contributed by atoms with E-state index in [1.807, 2.05) is 12.1 Å². The van der Waals surface area contributed by atoms with Crippen LogP contribution in [0.5, 0.6) is 0 Å². The van der Waals surface area contributed by atoms with Crippen molar-refractivity contribution in [3.05, 3.63) is 101 Å². The van der Waals surface area contributed by atoms with Crippen molar-refractivity contribution in [1.29, 1.82) is 0 Å². The van der Waals surface area contributed by atoms with Crippen LogP contribution in [0.4, 0.5) is 10.1 Å². The molecule has 0 saturated carbocycles. The summed E-state index contributed by atoms with van der Waals surface area (Å²) >= 11 is 1.76. The number of hydrogen-bond acceptors (Lipinski definition) is 3. The molecule has 0 aromatic heterocycles. The zero-order chi connectivity index (χ0) is 26.5. The molecule has 1 aliphatic carbocycles. The summed E-state index contributed by atoms with van der Waals surface area (Å²) in [7, 11) is 0. The molecule has 3 aromatic carbocycles. The lowest BCUT2D eigenvalue weighted by Gasteiger charge is -2.19. The molecule has 1 atom stereocenters. The lowest BCUT2D eigenvalue weighted by atomic mass is 9.86. The summed E-state index contributed by atoms with van der Waals surface area (Å²) in [4.78, 5) is 3.68. The molecular formula is C34H39FN2S. The van der Waals surface area contributed by atoms with Gasteiger partial charge in [-0.2, -0.15) is 0 Å². The van der Waals surface area contributed by atoms with E-state index in [-0.39, 0.29) is 6.67 Å². The third-order valence-corrected chi connectivity index (χ3v) is 8.93. The Balaban J connectivity index is 1.50. The molecule has 0 radical (unpaired) electrons. The van der Waals surface area contributed by atoms with E-state index in [0.29, 0.717) is 12.3 Å². The number of hydrogen-bond donors (Lipinski definition) is 1. The zero-order valence-electron chi connectivity index (χ0n) is 22.5. The second-order valence-corrected chi connectivity index (χ2v) is 11.5. The van der Waals surface area contributed by atoms with E-state index in [4.69, 9.17) is 5.73 Å². The quantitative estimate of drug-likeness (QED) is 0.225. The average Bonchev–Trinajstić information content (AvgIpc) is 3.30. The van der Waals surface area contributed by atoms with Gasteiger partial charge in [-0.15, -0.1) is 11.8 Å². The first-order valence-corrected chi connectivity index (χ1v) is 15.1. The maximum Gasteiger partial charge on any atom is 0.0906 e. The van der Waals surface area contributed by atoms with Gasteiger partial charge in [0.05, 0.1) is 6.67 Å². The van der Waals surface area contributed by atoms with Gasteiger partial charge in [-0.25, -0.2) is 0 Å². The highest BCUT2D eigenvalue weighted by atomic mass is 32.2. The van der Waals surface area contributed by atoms with Crippen molar-refractivity contribution in [2.24, 2.45) is 5.92 Å². The SMILES string of the molecule is C=Cc1cc(C2=C(c3ccc(CC4CCN(CCCF)C4)cc3)c3ccc(N)cc3CCC2)ccc1SC. The van der Waals surface area contributed by atoms with Crippen molar-refractivity contribution in [3.8, 4) is 0 Å². The lowest BCUT2D eigenvalue weighted by Crippen LogP contribution is -2.22. The predicted octanol–water partition coefficient (Wildman–Crippen LogP) is 8.15. The van der Waals surface area contributed by atoms with Crippen molar-refractivity contribution in [2.75, 3.05) is 38.3 Å². The van der Waals surface area contributed by atoms with Crippen molar-refractivity contribution in [3.63, 3.8) is 0 Å². The molecular weight excluding hydrogens is 487 g/mol. The molecule has 1 aliphatic heterocycles. The maximum absolute atomic E-state index is 12.6. The first-order valence-electron chi connectivity index (χ1n) is 13.9. The van der Waals surface area contributed by atoms with Gasteiger partial charge in [0.15, 0.2) is 0 Å². The number of rotatable bonds is 9. The molecule has 2 nitrogen and oxygen atoms in total. The summed E-state index contributed by atoms with van der Waals surface area (Å²) in [5.74, 6) is 0.657. The van der Waals surface area contributed by atoms with E-state index in [1.54, 1.807) is 11.8 Å². The van der Waals surface area contributed by atoms with Gasteiger partial charge in [0.2, 0.25) is 0 Å². The molecule has 1 unspecified atom stereocenters. The van der Waals surface area contributed by atoms with Crippen LogP contribution >= 0.6 is 11.8 Å². The Morgan fingerprint density at radius 1 is 1.05 bits per heavy atom. The molecule has 2 aliphatic rings. The monoisotopic (exact) mass is 526 g/mol. The van der Waals surface area contributed by atoms with Gasteiger partial charge in [0, 0.05) is 23.7 Å². The minimum Gasteiger partial charge on any atom is -0.399 e. The fourth-order valence-corrected chi connectivity index (χ4v) is 6.80. The molecule has 4 heteroatoms. The summed E-state index contributed by atoms with van der Waals surface area (Å²) in [6.45, 7) is 6.93. The van der Waals surface area contributed by atoms with E-state index in [2.05, 4.69) is 72.3 Å². The Morgan fingerprint density at radius 2 is 1.87 bits per heavy atom. The van der Waals surface area contributed by atoms with Gasteiger partial charge in [-0.3, -0.25) is 4.39 Å². The van der Waals surface area contributed by atoms with E-state index in [9.17, 15) is 4.39 Å². The summed E-state index contributed by atoms with van der Waals surface area (Å²) in [6.07, 6.45) is 10.2. The number of likely N-dealkylation sites (tertiary alicyclic amines) is 1. The van der Waals surface area contributed by atoms with Gasteiger partial charge in [0.25, 0.3) is 0 Å². The number of benzene rings is 3. The second kappa shape index (κ2) is 12.4. The number of aryl methyl sites for hydroxylation is 1. The highest BCUT2D eigenvalue weighted by molar-refractivity contribution is 7.98. The van der Waals surface area contributed by atoms with Crippen LogP contribution in [0.1, 0.15) is 59.1 Å². The number of alkyl halides is 1. The third kappa shape index (κ3) is 5.92. The smallest absolute Gasteiger partial charge is 0.0906 e. The third-order valence-electron chi connectivity index (χ3n) is 8.12. The highest BCUT2D eigenvalue weighted by Gasteiger charge is 2.23. The Hall–Kier alpha value is -2.82. The summed E-state index contributed by atoms with van der Waals surface area (Å²) in [6, 6.07) is 22.5. The van der Waals surface area contributed by atoms with Gasteiger partial charge in [0.1, 0.15) is 0 Å². The predicted molar refractivity (Wildman–Crippen MR) is 163 cm³/mol. The minimum absolute atomic E-state index is 0.215. The number of halogens is 1. The molecule has 198 valence electrons. The number of allylic oxidation sites excluding steroid dienone is 1. The number of nitrogens with zero attached hydrogens (tertiary/aromatic N) is 1. The summed E-state index contributed by atoms with van der Waals surface area (Å²) < 4.78 is 12.6. The number of anilines is 1. The van der Waals surface area contributed by atoms with Gasteiger partial charge >= 0.3 is 0 Å². The van der Waals surface area contributed by atoms with Crippen molar-refractivity contribution < 1.29 is 4.39 Å². The number of nitrogens with two attached hydrogens (primary N) is 1. The van der Waals surface area contributed by atoms with Crippen molar-refractivity contribution in [2.45, 2.75) is 43.4 Å². The van der Waals surface area contributed by atoms with Gasteiger partial charge < -0.3 is 10.6 Å². The van der Waals surface area contributed by atoms with Crippen LogP contribution in [0.3, 0.4) is 0 Å². The van der Waals surface area contributed by atoms with Crippen LogP contribution in [0.2, 0.25) is 0 Å². The van der Waals surface area contributed by atoms with Crippen LogP contribution in [-0.4, -0.2) is 37.5 Å². The largest absolute Gasteiger partial charge is 0.399 e. The normalized spacial score (nSPS) is 17.9. The molecule has 0 spiro atoms. The summed E-state index contributed by atoms with van der Waals surface area (Å²) in [5.41, 5.74) is 17.5. The zero-order valence-corrected chi connectivity index (χ0v) is 23.3. The van der Waals surface area contributed by atoms with Crippen molar-refractivity contribution in [1.82, 2.24) is 4.90 Å². The topological polar surface area (TPSA) is 29.3 Å². The number of fused-ring (bicyclic) bond motifs is 1. The molecule has 0 amide bonds. The van der Waals surface area contributed by atoms with Crippen molar-refractivity contribution >= 4 is 34.7 Å². The minimum atomic E-state index is -0.215. The van der Waals surface area contributed by atoms with E-state index < -0.39 is 0 Å². The van der Waals surface area contributed by atoms with Crippen LogP contribution < -0.4 is 5.73 Å². The van der Waals surface area contributed by atoms with E-state index in [0.717, 1.165) is 51.0 Å². The Bertz CT molecular complexity index is 1310. The standard InChI is InChI=1S/C34H39FN2S/c1-3-26-21-29(12-15-33(26)38-2)31-7-4-6-28-22-30(36)13-14-32(28)34(31)27-10-8-24(9-11-27)20-25-16-19-37(23-25)18-5-17-35/h3,8-15,21-22,25H,1,4-7,16-20,23,36H2,2H3. The van der Waals surface area contributed by atoms with E-state index in [1.165, 1.54) is 55.8 Å². The number of nitrogen functional groups attached to an aromatic ring is 1. The Kier molecular flexibility index (Phi) is 8.71. The van der Waals surface area contributed by atoms with Crippen LogP contribution in [0, 0.1) is 5.92 Å². The molecule has 38 heavy (non-hydrogen) atoms.